The van der Waals surface area contributed by atoms with E-state index < -0.39 is 5.97 Å². The van der Waals surface area contributed by atoms with Gasteiger partial charge in [0.2, 0.25) is 0 Å². The van der Waals surface area contributed by atoms with Crippen LogP contribution >= 0.6 is 11.3 Å². The molecule has 0 spiro atoms. The number of benzene rings is 1. The van der Waals surface area contributed by atoms with Crippen molar-refractivity contribution in [3.8, 4) is 11.5 Å². The number of thiophene rings is 1. The molecule has 0 saturated heterocycles. The van der Waals surface area contributed by atoms with Crippen molar-refractivity contribution in [2.45, 2.75) is 25.9 Å². The lowest BCUT2D eigenvalue weighted by molar-refractivity contribution is 0.0593. The summed E-state index contributed by atoms with van der Waals surface area (Å²) in [6.07, 6.45) is 1.22. The quantitative estimate of drug-likeness (QED) is 0.430. The van der Waals surface area contributed by atoms with E-state index in [1.165, 1.54) is 18.1 Å². The standard InChI is InChI=1S/C26H30N2O6S/c1-32-26(31)25-22-7-9-27(18-19-4-2-5-20(16-19)33-14-12-29)10-11-28(22)24(30)17-23(25)34-13-8-21-6-3-15-35-21/h2-6,15-17,29H,7-14,18H2,1H3. The Morgan fingerprint density at radius 2 is 1.97 bits per heavy atom. The van der Waals surface area contributed by atoms with Gasteiger partial charge in [0.1, 0.15) is 23.7 Å². The molecule has 1 aliphatic heterocycles. The van der Waals surface area contributed by atoms with Gasteiger partial charge >= 0.3 is 5.97 Å². The number of aliphatic hydroxyl groups excluding tert-OH is 1. The summed E-state index contributed by atoms with van der Waals surface area (Å²) in [6.45, 7) is 3.06. The second-order valence-electron chi connectivity index (χ2n) is 8.24. The number of carbonyl (C=O) groups excluding carboxylic acids is 1. The van der Waals surface area contributed by atoms with E-state index in [-0.39, 0.29) is 24.5 Å². The number of carbonyl (C=O) groups is 1. The van der Waals surface area contributed by atoms with Crippen LogP contribution in [0.5, 0.6) is 11.5 Å². The number of aliphatic hydroxyl groups is 1. The highest BCUT2D eigenvalue weighted by atomic mass is 32.1. The van der Waals surface area contributed by atoms with Crippen molar-refractivity contribution in [2.75, 3.05) is 40.0 Å². The summed E-state index contributed by atoms with van der Waals surface area (Å²) in [7, 11) is 1.34. The zero-order valence-corrected chi connectivity index (χ0v) is 20.6. The minimum Gasteiger partial charge on any atom is -0.492 e. The Labute approximate surface area is 208 Å². The Bertz CT molecular complexity index is 1190. The van der Waals surface area contributed by atoms with Crippen molar-refractivity contribution in [3.05, 3.63) is 79.9 Å². The van der Waals surface area contributed by atoms with Crippen LogP contribution in [0.4, 0.5) is 0 Å². The van der Waals surface area contributed by atoms with Crippen molar-refractivity contribution >= 4 is 17.3 Å². The van der Waals surface area contributed by atoms with Crippen molar-refractivity contribution in [1.29, 1.82) is 0 Å². The average Bonchev–Trinajstić information content (AvgIpc) is 3.29. The maximum atomic E-state index is 13.0. The summed E-state index contributed by atoms with van der Waals surface area (Å²) in [6, 6.07) is 13.2. The zero-order valence-electron chi connectivity index (χ0n) is 19.8. The van der Waals surface area contributed by atoms with E-state index in [1.54, 1.807) is 15.9 Å². The number of esters is 1. The van der Waals surface area contributed by atoms with Gasteiger partial charge in [-0.1, -0.05) is 18.2 Å². The lowest BCUT2D eigenvalue weighted by Gasteiger charge is -2.19. The molecule has 4 rings (SSSR count). The van der Waals surface area contributed by atoms with Gasteiger partial charge in [-0.2, -0.15) is 0 Å². The van der Waals surface area contributed by atoms with Crippen molar-refractivity contribution in [1.82, 2.24) is 9.47 Å². The molecule has 0 unspecified atom stereocenters. The predicted molar refractivity (Wildman–Crippen MR) is 134 cm³/mol. The highest BCUT2D eigenvalue weighted by Gasteiger charge is 2.26. The van der Waals surface area contributed by atoms with Crippen LogP contribution in [0.25, 0.3) is 0 Å². The number of nitrogens with zero attached hydrogens (tertiary/aromatic N) is 2. The van der Waals surface area contributed by atoms with Gasteiger partial charge in [-0.25, -0.2) is 4.79 Å². The monoisotopic (exact) mass is 498 g/mol. The van der Waals surface area contributed by atoms with E-state index in [2.05, 4.69) is 4.90 Å². The molecule has 0 saturated carbocycles. The Morgan fingerprint density at radius 1 is 1.09 bits per heavy atom. The molecule has 1 aliphatic rings. The third kappa shape index (κ3) is 6.30. The molecule has 186 valence electrons. The van der Waals surface area contributed by atoms with Crippen LogP contribution in [-0.4, -0.2) is 60.6 Å². The molecule has 35 heavy (non-hydrogen) atoms. The molecule has 0 bridgehead atoms. The molecule has 0 fully saturated rings. The van der Waals surface area contributed by atoms with Gasteiger partial charge in [-0.15, -0.1) is 11.3 Å². The number of pyridine rings is 1. The molecule has 3 heterocycles. The van der Waals surface area contributed by atoms with E-state index in [9.17, 15) is 9.59 Å². The van der Waals surface area contributed by atoms with E-state index in [0.29, 0.717) is 62.6 Å². The third-order valence-electron chi connectivity index (χ3n) is 5.93. The minimum atomic E-state index is -0.498. The second kappa shape index (κ2) is 12.0. The molecule has 0 radical (unpaired) electrons. The van der Waals surface area contributed by atoms with Gasteiger partial charge in [0.05, 0.1) is 20.3 Å². The average molecular weight is 499 g/mol. The molecule has 8 nitrogen and oxygen atoms in total. The Kier molecular flexibility index (Phi) is 8.57. The molecule has 3 aromatic rings. The first-order valence-corrected chi connectivity index (χ1v) is 12.5. The van der Waals surface area contributed by atoms with Gasteiger partial charge in [-0.3, -0.25) is 9.69 Å². The first kappa shape index (κ1) is 25.0. The molecule has 0 atom stereocenters. The lowest BCUT2D eigenvalue weighted by atomic mass is 10.1. The first-order chi connectivity index (χ1) is 17.1. The molecular weight excluding hydrogens is 468 g/mol. The molecule has 9 heteroatoms. The van der Waals surface area contributed by atoms with Crippen LogP contribution in [0.2, 0.25) is 0 Å². The van der Waals surface area contributed by atoms with Gasteiger partial charge < -0.3 is 23.9 Å². The topological polar surface area (TPSA) is 90.2 Å². The summed E-state index contributed by atoms with van der Waals surface area (Å²) in [4.78, 5) is 29.2. The maximum absolute atomic E-state index is 13.0. The summed E-state index contributed by atoms with van der Waals surface area (Å²) in [5.74, 6) is 0.497. The summed E-state index contributed by atoms with van der Waals surface area (Å²) >= 11 is 1.65. The first-order valence-electron chi connectivity index (χ1n) is 11.6. The van der Waals surface area contributed by atoms with Gasteiger partial charge in [-0.05, 0) is 29.1 Å². The van der Waals surface area contributed by atoms with Crippen LogP contribution in [0.3, 0.4) is 0 Å². The molecule has 0 aliphatic carbocycles. The molecular formula is C26H30N2O6S. The van der Waals surface area contributed by atoms with E-state index in [0.717, 1.165) is 5.56 Å². The van der Waals surface area contributed by atoms with Gasteiger partial charge in [0.25, 0.3) is 5.56 Å². The Hall–Kier alpha value is -3.14. The highest BCUT2D eigenvalue weighted by Crippen LogP contribution is 2.25. The fraction of sp³-hybridized carbons (Fsp3) is 0.385. The Morgan fingerprint density at radius 3 is 2.74 bits per heavy atom. The fourth-order valence-corrected chi connectivity index (χ4v) is 4.95. The number of fused-ring (bicyclic) bond motifs is 1. The molecule has 2 aromatic heterocycles. The molecule has 1 aromatic carbocycles. The lowest BCUT2D eigenvalue weighted by Crippen LogP contribution is -2.29. The van der Waals surface area contributed by atoms with E-state index in [1.807, 2.05) is 41.8 Å². The number of hydrogen-bond acceptors (Lipinski definition) is 8. The summed E-state index contributed by atoms with van der Waals surface area (Å²) in [5.41, 5.74) is 1.88. The normalized spacial score (nSPS) is 13.7. The number of rotatable bonds is 10. The summed E-state index contributed by atoms with van der Waals surface area (Å²) < 4.78 is 18.2. The Balaban J connectivity index is 1.51. The SMILES string of the molecule is COC(=O)c1c(OCCc2cccs2)cc(=O)n2c1CCN(Cc1cccc(OCCO)c1)CC2. The number of methoxy groups -OCH3 is 1. The highest BCUT2D eigenvalue weighted by molar-refractivity contribution is 7.09. The largest absolute Gasteiger partial charge is 0.492 e. The summed E-state index contributed by atoms with van der Waals surface area (Å²) in [5, 5.41) is 11.0. The van der Waals surface area contributed by atoms with E-state index in [4.69, 9.17) is 19.3 Å². The van der Waals surface area contributed by atoms with Crippen LogP contribution in [0.15, 0.2) is 52.6 Å². The van der Waals surface area contributed by atoms with Crippen LogP contribution in [0, 0.1) is 0 Å². The van der Waals surface area contributed by atoms with Crippen molar-refractivity contribution < 1.29 is 24.1 Å². The number of aromatic nitrogens is 1. The molecule has 1 N–H and O–H groups in total. The van der Waals surface area contributed by atoms with Crippen molar-refractivity contribution in [2.24, 2.45) is 0 Å². The zero-order chi connectivity index (χ0) is 24.6. The van der Waals surface area contributed by atoms with Gasteiger partial charge in [0.15, 0.2) is 0 Å². The molecule has 0 amide bonds. The van der Waals surface area contributed by atoms with E-state index >= 15 is 0 Å². The van der Waals surface area contributed by atoms with Gasteiger partial charge in [0, 0.05) is 55.7 Å². The fourth-order valence-electron chi connectivity index (χ4n) is 4.26. The number of hydrogen-bond donors (Lipinski definition) is 1. The third-order valence-corrected chi connectivity index (χ3v) is 6.86. The van der Waals surface area contributed by atoms with Crippen molar-refractivity contribution in [3.63, 3.8) is 0 Å². The number of ether oxygens (including phenoxy) is 3. The smallest absolute Gasteiger partial charge is 0.343 e. The maximum Gasteiger partial charge on any atom is 0.343 e. The minimum absolute atomic E-state index is 0.0361. The second-order valence-corrected chi connectivity index (χ2v) is 9.27. The van der Waals surface area contributed by atoms with Crippen LogP contribution < -0.4 is 15.0 Å². The van der Waals surface area contributed by atoms with Crippen LogP contribution in [-0.2, 0) is 30.7 Å². The van der Waals surface area contributed by atoms with Crippen LogP contribution in [0.1, 0.15) is 26.5 Å². The predicted octanol–water partition coefficient (Wildman–Crippen LogP) is 2.75.